The monoisotopic (exact) mass is 630 g/mol. The zero-order valence-corrected chi connectivity index (χ0v) is 25.7. The number of phenols is 1. The van der Waals surface area contributed by atoms with Crippen LogP contribution in [-0.2, 0) is 11.2 Å². The van der Waals surface area contributed by atoms with Crippen molar-refractivity contribution in [2.24, 2.45) is 0 Å². The molecule has 0 saturated carbocycles. The van der Waals surface area contributed by atoms with Crippen molar-refractivity contribution in [2.75, 3.05) is 50.9 Å². The second-order valence-corrected chi connectivity index (χ2v) is 12.7. The zero-order chi connectivity index (χ0) is 31.6. The predicted molar refractivity (Wildman–Crippen MR) is 169 cm³/mol. The zero-order valence-electron chi connectivity index (χ0n) is 25.7. The Morgan fingerprint density at radius 1 is 1.07 bits per heavy atom. The van der Waals surface area contributed by atoms with E-state index in [0.717, 1.165) is 38.8 Å². The highest BCUT2D eigenvalue weighted by atomic mass is 19.1. The first kappa shape index (κ1) is 29.3. The lowest BCUT2D eigenvalue weighted by atomic mass is 9.94. The van der Waals surface area contributed by atoms with E-state index in [1.807, 2.05) is 11.8 Å². The van der Waals surface area contributed by atoms with Gasteiger partial charge in [0, 0.05) is 18.7 Å². The first-order valence-electron chi connectivity index (χ1n) is 16.1. The van der Waals surface area contributed by atoms with Crippen molar-refractivity contribution in [1.82, 2.24) is 24.5 Å². The summed E-state index contributed by atoms with van der Waals surface area (Å²) in [6.45, 7) is 5.48. The van der Waals surface area contributed by atoms with Crippen LogP contribution in [0.15, 0.2) is 36.5 Å². The summed E-state index contributed by atoms with van der Waals surface area (Å²) in [7, 11) is 0. The van der Waals surface area contributed by atoms with Crippen LogP contribution in [-0.4, -0.2) is 92.3 Å². The van der Waals surface area contributed by atoms with E-state index in [-0.39, 0.29) is 41.7 Å². The molecule has 0 amide bonds. The highest BCUT2D eigenvalue weighted by Crippen LogP contribution is 2.43. The average Bonchev–Trinajstić information content (AvgIpc) is 3.74. The van der Waals surface area contributed by atoms with Crippen molar-refractivity contribution in [1.29, 1.82) is 0 Å². The van der Waals surface area contributed by atoms with Gasteiger partial charge in [0.15, 0.2) is 5.82 Å². The lowest BCUT2D eigenvalue weighted by molar-refractivity contribution is 0.0597. The van der Waals surface area contributed by atoms with Gasteiger partial charge in [-0.1, -0.05) is 13.0 Å². The number of phenolic OH excluding ortho intramolecular Hbond substituents is 1. The first-order chi connectivity index (χ1) is 22.4. The maximum absolute atomic E-state index is 17.3. The summed E-state index contributed by atoms with van der Waals surface area (Å²) in [5.41, 5.74) is 1.21. The third-order valence-corrected chi connectivity index (χ3v) is 9.99. The summed E-state index contributed by atoms with van der Waals surface area (Å²) < 4.78 is 45.9. The Kier molecular flexibility index (Phi) is 7.18. The number of benzene rings is 2. The third-order valence-electron chi connectivity index (χ3n) is 9.99. The molecule has 3 aliphatic rings. The fourth-order valence-electron chi connectivity index (χ4n) is 7.90. The minimum absolute atomic E-state index is 0.0146. The normalized spacial score (nSPS) is 20.2. The van der Waals surface area contributed by atoms with Crippen LogP contribution in [0.3, 0.4) is 0 Å². The number of fused-ring (bicyclic) bond motifs is 5. The van der Waals surface area contributed by atoms with Crippen LogP contribution in [0.5, 0.6) is 11.8 Å². The van der Waals surface area contributed by atoms with Gasteiger partial charge in [0.2, 0.25) is 0 Å². The number of halogens is 2. The van der Waals surface area contributed by atoms with Crippen LogP contribution in [0.1, 0.15) is 38.2 Å². The van der Waals surface area contributed by atoms with Crippen LogP contribution in [0, 0.1) is 11.6 Å². The number of hydrogen-bond acceptors (Lipinski definition) is 9. The lowest BCUT2D eigenvalue weighted by Crippen LogP contribution is -2.43. The number of aliphatic hydroxyl groups is 1. The molecule has 5 aromatic rings. The molecule has 0 bridgehead atoms. The summed E-state index contributed by atoms with van der Waals surface area (Å²) in [5, 5.41) is 27.4. The highest BCUT2D eigenvalue weighted by Gasteiger charge is 2.45. The molecule has 3 saturated heterocycles. The largest absolute Gasteiger partial charge is 0.508 e. The number of hydrogen-bond donors (Lipinski definition) is 2. The molecule has 12 heteroatoms. The van der Waals surface area contributed by atoms with Crippen LogP contribution in [0.25, 0.3) is 38.4 Å². The summed E-state index contributed by atoms with van der Waals surface area (Å²) in [4.78, 5) is 13.9. The number of rotatable bonds is 6. The molecular formula is C34H36F2N6O4. The van der Waals surface area contributed by atoms with Gasteiger partial charge in [0.1, 0.15) is 35.2 Å². The Bertz CT molecular complexity index is 1970. The topological polar surface area (TPSA) is 108 Å². The average molecular weight is 631 g/mol. The molecule has 0 aliphatic carbocycles. The Balaban J connectivity index is 1.38. The van der Waals surface area contributed by atoms with Gasteiger partial charge in [-0.3, -0.25) is 4.90 Å². The van der Waals surface area contributed by atoms with E-state index in [0.29, 0.717) is 64.8 Å². The van der Waals surface area contributed by atoms with Gasteiger partial charge in [-0.05, 0) is 85.8 Å². The molecule has 0 spiro atoms. The standard InChI is InChI=1S/C34H36F2N6O4/c1-2-23-25(35)6-5-20-15-21(43)16-24(27(20)23)31-29(36)30-28(26-7-10-37-42(26)31)32(40-13-14-45-18-22(44)17-40)39-33(38-30)46-19-34-8-3-11-41(34)12-4-9-34/h5-7,10,15-16,22,43-44H,2-4,8-9,11-14,17-19H2,1H3/t22-/m0/s1. The van der Waals surface area contributed by atoms with E-state index < -0.39 is 17.7 Å². The molecule has 2 N–H and O–H groups in total. The first-order valence-corrected chi connectivity index (χ1v) is 16.1. The molecule has 8 rings (SSSR count). The molecule has 46 heavy (non-hydrogen) atoms. The summed E-state index contributed by atoms with van der Waals surface area (Å²) in [5.74, 6) is -0.784. The Hall–Kier alpha value is -4.13. The quantitative estimate of drug-likeness (QED) is 0.272. The number of nitrogens with zero attached hydrogens (tertiary/aromatic N) is 6. The van der Waals surface area contributed by atoms with Crippen molar-refractivity contribution in [3.63, 3.8) is 0 Å². The molecule has 240 valence electrons. The van der Waals surface area contributed by atoms with E-state index in [1.54, 1.807) is 24.4 Å². The minimum Gasteiger partial charge on any atom is -0.508 e. The second-order valence-electron chi connectivity index (χ2n) is 12.7. The minimum atomic E-state index is -0.771. The SMILES string of the molecule is CCc1c(F)ccc2cc(O)cc(-c3c(F)c4nc(OCC56CCCN5CCC6)nc(N5CCOC[C@@H](O)C5)c4c4ccnn34)c12. The maximum atomic E-state index is 17.3. The summed E-state index contributed by atoms with van der Waals surface area (Å²) in [6.07, 6.45) is 5.42. The van der Waals surface area contributed by atoms with Crippen LogP contribution in [0.2, 0.25) is 0 Å². The Labute approximate surface area is 264 Å². The summed E-state index contributed by atoms with van der Waals surface area (Å²) >= 11 is 0. The van der Waals surface area contributed by atoms with E-state index >= 15 is 8.78 Å². The number of anilines is 1. The van der Waals surface area contributed by atoms with Crippen molar-refractivity contribution in [3.8, 4) is 23.0 Å². The number of aryl methyl sites for hydroxylation is 1. The Morgan fingerprint density at radius 3 is 2.70 bits per heavy atom. The molecule has 10 nitrogen and oxygen atoms in total. The van der Waals surface area contributed by atoms with Crippen molar-refractivity contribution >= 4 is 33.0 Å². The number of pyridine rings is 1. The highest BCUT2D eigenvalue weighted by molar-refractivity contribution is 6.07. The lowest BCUT2D eigenvalue weighted by Gasteiger charge is -2.31. The summed E-state index contributed by atoms with van der Waals surface area (Å²) in [6, 6.07) is 7.74. The second kappa shape index (κ2) is 11.3. The number of aromatic nitrogens is 4. The number of β-amino-alcohol motifs (C(OH)–C–C–N with tert-alkyl or cyclic N) is 1. The molecule has 3 aromatic heterocycles. The van der Waals surface area contributed by atoms with E-state index in [9.17, 15) is 10.2 Å². The van der Waals surface area contributed by atoms with Crippen LogP contribution in [0.4, 0.5) is 14.6 Å². The molecule has 2 aromatic carbocycles. The van der Waals surface area contributed by atoms with Gasteiger partial charge in [-0.25, -0.2) is 13.3 Å². The fraction of sp³-hybridized carbons (Fsp3) is 0.441. The number of ether oxygens (including phenoxy) is 2. The van der Waals surface area contributed by atoms with Crippen LogP contribution < -0.4 is 9.64 Å². The maximum Gasteiger partial charge on any atom is 0.319 e. The predicted octanol–water partition coefficient (Wildman–Crippen LogP) is 4.85. The molecule has 1 atom stereocenters. The van der Waals surface area contributed by atoms with Crippen molar-refractivity contribution < 1.29 is 28.5 Å². The van der Waals surface area contributed by atoms with E-state index in [4.69, 9.17) is 19.4 Å². The molecular weight excluding hydrogens is 594 g/mol. The van der Waals surface area contributed by atoms with Crippen molar-refractivity contribution in [3.05, 3.63) is 53.7 Å². The molecule has 3 aliphatic heterocycles. The smallest absolute Gasteiger partial charge is 0.319 e. The Morgan fingerprint density at radius 2 is 1.89 bits per heavy atom. The molecule has 0 unspecified atom stereocenters. The van der Waals surface area contributed by atoms with Crippen LogP contribution >= 0.6 is 0 Å². The number of aromatic hydroxyl groups is 1. The van der Waals surface area contributed by atoms with E-state index in [1.165, 1.54) is 16.6 Å². The van der Waals surface area contributed by atoms with Gasteiger partial charge in [0.05, 0.1) is 42.0 Å². The van der Waals surface area contributed by atoms with Gasteiger partial charge in [0.25, 0.3) is 0 Å². The van der Waals surface area contributed by atoms with Gasteiger partial charge < -0.3 is 24.6 Å². The molecule has 6 heterocycles. The molecule has 3 fully saturated rings. The van der Waals surface area contributed by atoms with E-state index in [2.05, 4.69) is 10.00 Å². The fourth-order valence-corrected chi connectivity index (χ4v) is 7.90. The molecule has 0 radical (unpaired) electrons. The third kappa shape index (κ3) is 4.65. The van der Waals surface area contributed by atoms with Crippen molar-refractivity contribution in [2.45, 2.75) is 50.7 Å². The van der Waals surface area contributed by atoms with Gasteiger partial charge in [-0.2, -0.15) is 15.1 Å². The van der Waals surface area contributed by atoms with Gasteiger partial charge >= 0.3 is 6.01 Å². The number of aliphatic hydroxyl groups excluding tert-OH is 1. The van der Waals surface area contributed by atoms with Gasteiger partial charge in [-0.15, -0.1) is 0 Å².